The summed E-state index contributed by atoms with van der Waals surface area (Å²) in [5.41, 5.74) is 6.36. The van der Waals surface area contributed by atoms with Crippen molar-refractivity contribution in [1.82, 2.24) is 4.90 Å². The van der Waals surface area contributed by atoms with Gasteiger partial charge in [0.05, 0.1) is 0 Å². The van der Waals surface area contributed by atoms with Crippen molar-refractivity contribution in [3.05, 3.63) is 0 Å². The van der Waals surface area contributed by atoms with E-state index in [0.717, 1.165) is 23.7 Å². The molecule has 0 aromatic carbocycles. The van der Waals surface area contributed by atoms with Crippen LogP contribution in [0.3, 0.4) is 0 Å². The number of rotatable bonds is 4. The Bertz CT molecular complexity index is 237. The van der Waals surface area contributed by atoms with Crippen molar-refractivity contribution >= 4 is 0 Å². The summed E-state index contributed by atoms with van der Waals surface area (Å²) in [4.78, 5) is 2.52. The monoisotopic (exact) mass is 224 g/mol. The van der Waals surface area contributed by atoms with Gasteiger partial charge in [0, 0.05) is 18.6 Å². The van der Waals surface area contributed by atoms with E-state index < -0.39 is 0 Å². The summed E-state index contributed by atoms with van der Waals surface area (Å²) >= 11 is 0. The number of hydrogen-bond donors (Lipinski definition) is 1. The van der Waals surface area contributed by atoms with Crippen LogP contribution < -0.4 is 5.73 Å². The summed E-state index contributed by atoms with van der Waals surface area (Å²) in [5, 5.41) is 0. The summed E-state index contributed by atoms with van der Waals surface area (Å²) in [5.74, 6) is 3.28. The highest BCUT2D eigenvalue weighted by Crippen LogP contribution is 2.47. The van der Waals surface area contributed by atoms with Crippen molar-refractivity contribution in [2.75, 3.05) is 13.6 Å². The molecule has 0 aromatic heterocycles. The quantitative estimate of drug-likeness (QED) is 0.794. The molecule has 0 aliphatic heterocycles. The Balaban J connectivity index is 1.90. The maximum absolute atomic E-state index is 6.36. The van der Waals surface area contributed by atoms with Crippen molar-refractivity contribution in [2.45, 2.75) is 52.1 Å². The third-order valence-corrected chi connectivity index (χ3v) is 5.32. The lowest BCUT2D eigenvalue weighted by atomic mass is 9.84. The van der Waals surface area contributed by atoms with Gasteiger partial charge in [-0.15, -0.1) is 0 Å². The van der Waals surface area contributed by atoms with E-state index in [1.165, 1.54) is 25.8 Å². The molecule has 5 atom stereocenters. The van der Waals surface area contributed by atoms with Gasteiger partial charge in [0.25, 0.3) is 0 Å². The topological polar surface area (TPSA) is 29.3 Å². The van der Waals surface area contributed by atoms with E-state index >= 15 is 0 Å². The summed E-state index contributed by atoms with van der Waals surface area (Å²) in [6.07, 6.45) is 4.24. The number of nitrogens with zero attached hydrogens (tertiary/aromatic N) is 1. The molecule has 2 N–H and O–H groups in total. The molecule has 2 aliphatic carbocycles. The molecule has 2 fully saturated rings. The number of fused-ring (bicyclic) bond motifs is 2. The molecule has 2 saturated carbocycles. The van der Waals surface area contributed by atoms with Crippen LogP contribution in [0.25, 0.3) is 0 Å². The molecule has 16 heavy (non-hydrogen) atoms. The molecule has 2 nitrogen and oxygen atoms in total. The van der Waals surface area contributed by atoms with Gasteiger partial charge < -0.3 is 10.6 Å². The Hall–Kier alpha value is -0.0800. The van der Waals surface area contributed by atoms with E-state index in [0.29, 0.717) is 12.1 Å². The molecule has 5 unspecified atom stereocenters. The van der Waals surface area contributed by atoms with Crippen LogP contribution in [-0.4, -0.2) is 30.6 Å². The molecule has 0 heterocycles. The maximum atomic E-state index is 6.36. The third-order valence-electron chi connectivity index (χ3n) is 5.32. The molecule has 0 amide bonds. The van der Waals surface area contributed by atoms with Gasteiger partial charge in [0.15, 0.2) is 0 Å². The van der Waals surface area contributed by atoms with E-state index in [2.05, 4.69) is 32.7 Å². The molecular weight excluding hydrogens is 196 g/mol. The van der Waals surface area contributed by atoms with Crippen molar-refractivity contribution in [2.24, 2.45) is 29.4 Å². The van der Waals surface area contributed by atoms with Crippen LogP contribution in [0.4, 0.5) is 0 Å². The summed E-state index contributed by atoms with van der Waals surface area (Å²) in [6.45, 7) is 8.16. The van der Waals surface area contributed by atoms with E-state index in [4.69, 9.17) is 5.73 Å². The minimum atomic E-state index is 0.487. The van der Waals surface area contributed by atoms with Crippen LogP contribution in [0.1, 0.15) is 40.0 Å². The fourth-order valence-corrected chi connectivity index (χ4v) is 3.73. The van der Waals surface area contributed by atoms with Gasteiger partial charge in [-0.25, -0.2) is 0 Å². The number of hydrogen-bond acceptors (Lipinski definition) is 2. The molecule has 0 aromatic rings. The average Bonchev–Trinajstić information content (AvgIpc) is 2.80. The lowest BCUT2D eigenvalue weighted by molar-refractivity contribution is 0.142. The average molecular weight is 224 g/mol. The summed E-state index contributed by atoms with van der Waals surface area (Å²) in [6, 6.07) is 1.16. The van der Waals surface area contributed by atoms with Gasteiger partial charge >= 0.3 is 0 Å². The van der Waals surface area contributed by atoms with E-state index in [9.17, 15) is 0 Å². The Labute approximate surface area is 101 Å². The van der Waals surface area contributed by atoms with Gasteiger partial charge in [-0.05, 0) is 56.9 Å². The van der Waals surface area contributed by atoms with Gasteiger partial charge in [0.1, 0.15) is 0 Å². The molecule has 2 heteroatoms. The first-order valence-electron chi connectivity index (χ1n) is 6.96. The largest absolute Gasteiger partial charge is 0.327 e. The standard InChI is InChI=1S/C14H28N2/c1-9(2)10(3)16(4)8-13-11-5-6-12(7-11)14(13)15/h9-14H,5-8,15H2,1-4H3. The minimum absolute atomic E-state index is 0.487. The first kappa shape index (κ1) is 12.4. The van der Waals surface area contributed by atoms with E-state index in [1.807, 2.05) is 0 Å². The van der Waals surface area contributed by atoms with Crippen LogP contribution in [0.15, 0.2) is 0 Å². The first-order chi connectivity index (χ1) is 7.50. The van der Waals surface area contributed by atoms with Crippen molar-refractivity contribution < 1.29 is 0 Å². The van der Waals surface area contributed by atoms with Gasteiger partial charge in [-0.2, -0.15) is 0 Å². The van der Waals surface area contributed by atoms with Crippen molar-refractivity contribution in [1.29, 1.82) is 0 Å². The zero-order valence-corrected chi connectivity index (χ0v) is 11.3. The maximum Gasteiger partial charge on any atom is 0.0111 e. The second kappa shape index (κ2) is 4.66. The Morgan fingerprint density at radius 3 is 2.31 bits per heavy atom. The fourth-order valence-electron chi connectivity index (χ4n) is 3.73. The summed E-state index contributed by atoms with van der Waals surface area (Å²) < 4.78 is 0. The van der Waals surface area contributed by atoms with Gasteiger partial charge in [0.2, 0.25) is 0 Å². The SMILES string of the molecule is CC(C)C(C)N(C)CC1C2CCC(C2)C1N. The second-order valence-corrected chi connectivity index (χ2v) is 6.50. The lowest BCUT2D eigenvalue weighted by Gasteiger charge is -2.35. The Morgan fingerprint density at radius 2 is 1.81 bits per heavy atom. The van der Waals surface area contributed by atoms with E-state index in [1.54, 1.807) is 0 Å². The molecule has 2 bridgehead atoms. The van der Waals surface area contributed by atoms with Gasteiger partial charge in [-0.3, -0.25) is 0 Å². The highest BCUT2D eigenvalue weighted by atomic mass is 15.1. The van der Waals surface area contributed by atoms with Crippen LogP contribution >= 0.6 is 0 Å². The molecule has 0 spiro atoms. The molecule has 0 saturated heterocycles. The van der Waals surface area contributed by atoms with E-state index in [-0.39, 0.29) is 0 Å². The molecular formula is C14H28N2. The molecule has 2 rings (SSSR count). The Morgan fingerprint density at radius 1 is 1.19 bits per heavy atom. The normalized spacial score (nSPS) is 39.9. The Kier molecular flexibility index (Phi) is 3.60. The molecule has 2 aliphatic rings. The minimum Gasteiger partial charge on any atom is -0.327 e. The number of nitrogens with two attached hydrogens (primary N) is 1. The summed E-state index contributed by atoms with van der Waals surface area (Å²) in [7, 11) is 2.27. The van der Waals surface area contributed by atoms with Crippen molar-refractivity contribution in [3.8, 4) is 0 Å². The van der Waals surface area contributed by atoms with Crippen LogP contribution in [0, 0.1) is 23.7 Å². The fraction of sp³-hybridized carbons (Fsp3) is 1.00. The zero-order valence-electron chi connectivity index (χ0n) is 11.3. The second-order valence-electron chi connectivity index (χ2n) is 6.50. The van der Waals surface area contributed by atoms with Crippen molar-refractivity contribution in [3.63, 3.8) is 0 Å². The smallest absolute Gasteiger partial charge is 0.0111 e. The highest BCUT2D eigenvalue weighted by molar-refractivity contribution is 4.99. The predicted molar refractivity (Wildman–Crippen MR) is 69.2 cm³/mol. The lowest BCUT2D eigenvalue weighted by Crippen LogP contribution is -2.45. The van der Waals surface area contributed by atoms with Crippen LogP contribution in [0.2, 0.25) is 0 Å². The highest BCUT2D eigenvalue weighted by Gasteiger charge is 2.45. The van der Waals surface area contributed by atoms with Gasteiger partial charge in [-0.1, -0.05) is 13.8 Å². The predicted octanol–water partition coefficient (Wildman–Crippen LogP) is 2.34. The molecule has 0 radical (unpaired) electrons. The first-order valence-corrected chi connectivity index (χ1v) is 6.96. The van der Waals surface area contributed by atoms with Crippen LogP contribution in [0.5, 0.6) is 0 Å². The molecule has 94 valence electrons. The zero-order chi connectivity index (χ0) is 11.9. The third kappa shape index (κ3) is 2.14. The van der Waals surface area contributed by atoms with Crippen LogP contribution in [-0.2, 0) is 0 Å².